The molecule has 1 aromatic carbocycles. The second kappa shape index (κ2) is 8.87. The van der Waals surface area contributed by atoms with Crippen LogP contribution in [0.5, 0.6) is 0 Å². The summed E-state index contributed by atoms with van der Waals surface area (Å²) in [6, 6.07) is 4.83. The third-order valence-corrected chi connectivity index (χ3v) is 3.08. The number of carbonyl (C=O) groups is 2. The molecule has 0 radical (unpaired) electrons. The van der Waals surface area contributed by atoms with Gasteiger partial charge in [0.05, 0.1) is 7.05 Å². The normalized spacial score (nSPS) is 11.8. The van der Waals surface area contributed by atoms with Crippen LogP contribution in [0.25, 0.3) is 0 Å². The van der Waals surface area contributed by atoms with E-state index in [1.165, 1.54) is 0 Å². The van der Waals surface area contributed by atoms with Gasteiger partial charge >= 0.3 is 0 Å². The Morgan fingerprint density at radius 3 is 2.24 bits per heavy atom. The number of hydrogen-bond donors (Lipinski definition) is 3. The van der Waals surface area contributed by atoms with Crippen molar-refractivity contribution in [2.24, 2.45) is 0 Å². The molecule has 3 N–H and O–H groups in total. The molecule has 0 aromatic heterocycles. The van der Waals surface area contributed by atoms with Crippen LogP contribution in [-0.2, 0) is 9.59 Å². The zero-order chi connectivity index (χ0) is 15.8. The second-order valence-corrected chi connectivity index (χ2v) is 5.74. The summed E-state index contributed by atoms with van der Waals surface area (Å²) in [4.78, 5) is 24.2. The van der Waals surface area contributed by atoms with Crippen molar-refractivity contribution in [2.45, 2.75) is 13.3 Å². The zero-order valence-electron chi connectivity index (χ0n) is 12.1. The summed E-state index contributed by atoms with van der Waals surface area (Å²) in [7, 11) is 1.79. The maximum absolute atomic E-state index is 11.9. The van der Waals surface area contributed by atoms with Gasteiger partial charge in [0.1, 0.15) is 0 Å². The summed E-state index contributed by atoms with van der Waals surface area (Å²) in [5.41, 5.74) is 0.542. The third kappa shape index (κ3) is 7.32. The smallest absolute Gasteiger partial charge is 0.279 e. The Balaban J connectivity index is 2.44. The standard InChI is InChI=1S/C14H19Cl2N3O2/c1-3-4-17-13(20)8-19(2)9-14(21)18-12-6-10(15)5-11(16)7-12/h5-7H,3-4,8-9H2,1-2H3,(H,17,20)(H,18,21)/p+1. The van der Waals surface area contributed by atoms with Gasteiger partial charge in [-0.1, -0.05) is 30.1 Å². The van der Waals surface area contributed by atoms with E-state index in [9.17, 15) is 9.59 Å². The fourth-order valence-electron chi connectivity index (χ4n) is 1.77. The van der Waals surface area contributed by atoms with Crippen LogP contribution >= 0.6 is 23.2 Å². The van der Waals surface area contributed by atoms with Crippen molar-refractivity contribution < 1.29 is 14.5 Å². The molecular weight excluding hydrogens is 313 g/mol. The van der Waals surface area contributed by atoms with E-state index in [1.54, 1.807) is 25.2 Å². The number of halogens is 2. The van der Waals surface area contributed by atoms with Gasteiger partial charge in [-0.25, -0.2) is 0 Å². The van der Waals surface area contributed by atoms with Gasteiger partial charge in [0.15, 0.2) is 13.1 Å². The molecule has 2 amide bonds. The number of amides is 2. The maximum Gasteiger partial charge on any atom is 0.279 e. The van der Waals surface area contributed by atoms with Gasteiger partial charge in [0.25, 0.3) is 11.8 Å². The minimum Gasteiger partial charge on any atom is -0.351 e. The average molecular weight is 333 g/mol. The Bertz CT molecular complexity index is 489. The van der Waals surface area contributed by atoms with Gasteiger partial charge in [0.2, 0.25) is 0 Å². The number of nitrogens with one attached hydrogen (secondary N) is 3. The van der Waals surface area contributed by atoms with E-state index in [2.05, 4.69) is 10.6 Å². The van der Waals surface area contributed by atoms with E-state index >= 15 is 0 Å². The number of hydrogen-bond acceptors (Lipinski definition) is 2. The summed E-state index contributed by atoms with van der Waals surface area (Å²) < 4.78 is 0. The molecule has 1 unspecified atom stereocenters. The third-order valence-electron chi connectivity index (χ3n) is 2.64. The van der Waals surface area contributed by atoms with E-state index in [0.717, 1.165) is 11.3 Å². The van der Waals surface area contributed by atoms with Crippen LogP contribution in [0.15, 0.2) is 18.2 Å². The predicted molar refractivity (Wildman–Crippen MR) is 85.0 cm³/mol. The molecule has 1 atom stereocenters. The first-order chi connectivity index (χ1) is 9.90. The van der Waals surface area contributed by atoms with Gasteiger partial charge in [-0.15, -0.1) is 0 Å². The van der Waals surface area contributed by atoms with Crippen molar-refractivity contribution in [3.8, 4) is 0 Å². The van der Waals surface area contributed by atoms with E-state index in [0.29, 0.717) is 22.3 Å². The van der Waals surface area contributed by atoms with Crippen LogP contribution in [0.3, 0.4) is 0 Å². The van der Waals surface area contributed by atoms with E-state index in [4.69, 9.17) is 23.2 Å². The summed E-state index contributed by atoms with van der Waals surface area (Å²) in [5.74, 6) is -0.262. The molecule has 0 aliphatic heterocycles. The molecule has 116 valence electrons. The summed E-state index contributed by atoms with van der Waals surface area (Å²) in [6.45, 7) is 3.08. The van der Waals surface area contributed by atoms with Gasteiger partial charge in [-0.2, -0.15) is 0 Å². The fourth-order valence-corrected chi connectivity index (χ4v) is 2.29. The molecule has 0 heterocycles. The first-order valence-electron chi connectivity index (χ1n) is 6.74. The molecule has 1 aromatic rings. The van der Waals surface area contributed by atoms with Crippen molar-refractivity contribution in [3.63, 3.8) is 0 Å². The number of quaternary nitrogens is 1. The molecule has 1 rings (SSSR count). The topological polar surface area (TPSA) is 62.6 Å². The van der Waals surface area contributed by atoms with E-state index in [1.807, 2.05) is 6.92 Å². The van der Waals surface area contributed by atoms with Crippen LogP contribution < -0.4 is 15.5 Å². The summed E-state index contributed by atoms with van der Waals surface area (Å²) in [6.07, 6.45) is 0.890. The Morgan fingerprint density at radius 1 is 1.10 bits per heavy atom. The van der Waals surface area contributed by atoms with Gasteiger partial charge in [-0.3, -0.25) is 9.59 Å². The van der Waals surface area contributed by atoms with E-state index in [-0.39, 0.29) is 24.9 Å². The highest BCUT2D eigenvalue weighted by molar-refractivity contribution is 6.35. The lowest BCUT2D eigenvalue weighted by molar-refractivity contribution is -0.862. The van der Waals surface area contributed by atoms with Crippen molar-refractivity contribution >= 4 is 40.7 Å². The van der Waals surface area contributed by atoms with Crippen molar-refractivity contribution in [1.82, 2.24) is 5.32 Å². The Hall–Kier alpha value is -1.30. The molecule has 21 heavy (non-hydrogen) atoms. The van der Waals surface area contributed by atoms with Gasteiger partial charge < -0.3 is 15.5 Å². The molecule has 0 fully saturated rings. The number of anilines is 1. The fraction of sp³-hybridized carbons (Fsp3) is 0.429. The zero-order valence-corrected chi connectivity index (χ0v) is 13.6. The first kappa shape index (κ1) is 17.8. The number of likely N-dealkylation sites (N-methyl/N-ethyl adjacent to an activating group) is 1. The molecular formula is C14H20Cl2N3O2+. The Morgan fingerprint density at radius 2 is 1.67 bits per heavy atom. The summed E-state index contributed by atoms with van der Waals surface area (Å²) in [5, 5.41) is 6.40. The molecule has 0 aliphatic rings. The second-order valence-electron chi connectivity index (χ2n) is 4.87. The molecule has 0 saturated carbocycles. The van der Waals surface area contributed by atoms with Crippen LogP contribution in [0, 0.1) is 0 Å². The number of carbonyl (C=O) groups excluding carboxylic acids is 2. The van der Waals surface area contributed by atoms with Crippen LogP contribution in [0.4, 0.5) is 5.69 Å². The van der Waals surface area contributed by atoms with Gasteiger partial charge in [0, 0.05) is 22.3 Å². The highest BCUT2D eigenvalue weighted by Gasteiger charge is 2.14. The number of rotatable bonds is 7. The Kier molecular flexibility index (Phi) is 7.50. The largest absolute Gasteiger partial charge is 0.351 e. The monoisotopic (exact) mass is 332 g/mol. The lowest BCUT2D eigenvalue weighted by Crippen LogP contribution is -3.11. The quantitative estimate of drug-likeness (QED) is 0.696. The molecule has 0 saturated heterocycles. The molecule has 0 aliphatic carbocycles. The molecule has 5 nitrogen and oxygen atoms in total. The highest BCUT2D eigenvalue weighted by atomic mass is 35.5. The first-order valence-corrected chi connectivity index (χ1v) is 7.50. The molecule has 0 bridgehead atoms. The minimum absolute atomic E-state index is 0.0621. The Labute approximate surface area is 134 Å². The highest BCUT2D eigenvalue weighted by Crippen LogP contribution is 2.22. The number of benzene rings is 1. The average Bonchev–Trinajstić information content (AvgIpc) is 2.34. The lowest BCUT2D eigenvalue weighted by Gasteiger charge is -2.13. The molecule has 7 heteroatoms. The van der Waals surface area contributed by atoms with E-state index < -0.39 is 0 Å². The van der Waals surface area contributed by atoms with Crippen molar-refractivity contribution in [2.75, 3.05) is 32.0 Å². The van der Waals surface area contributed by atoms with Crippen molar-refractivity contribution in [1.29, 1.82) is 0 Å². The van der Waals surface area contributed by atoms with Crippen LogP contribution in [-0.4, -0.2) is 38.5 Å². The molecule has 0 spiro atoms. The van der Waals surface area contributed by atoms with Gasteiger partial charge in [-0.05, 0) is 24.6 Å². The lowest BCUT2D eigenvalue weighted by atomic mass is 10.3. The summed E-state index contributed by atoms with van der Waals surface area (Å²) >= 11 is 11.7. The maximum atomic E-state index is 11.9. The SMILES string of the molecule is CCCNC(=O)C[NH+](C)CC(=O)Nc1cc(Cl)cc(Cl)c1. The van der Waals surface area contributed by atoms with Crippen LogP contribution in [0.1, 0.15) is 13.3 Å². The van der Waals surface area contributed by atoms with Crippen LogP contribution in [0.2, 0.25) is 10.0 Å². The van der Waals surface area contributed by atoms with Crippen molar-refractivity contribution in [3.05, 3.63) is 28.2 Å². The predicted octanol–water partition coefficient (Wildman–Crippen LogP) is 0.973. The minimum atomic E-state index is -0.200.